The third kappa shape index (κ3) is 7.51. The SMILES string of the molecule is Cc1ccccc1N(c1ccccc1)c1ccc(-c2ccc(/C=C/c3ccc(-c4ccc(N(c5ccccc5)c5ccccc5C)cc4)cc3)cc2)cc1. The second kappa shape index (κ2) is 15.8. The van der Waals surface area contributed by atoms with Crippen LogP contribution in [0.1, 0.15) is 22.3 Å². The topological polar surface area (TPSA) is 6.48 Å². The maximum atomic E-state index is 2.32. The van der Waals surface area contributed by atoms with Gasteiger partial charge < -0.3 is 9.80 Å². The smallest absolute Gasteiger partial charge is 0.0490 e. The number of para-hydroxylation sites is 4. The van der Waals surface area contributed by atoms with E-state index in [-0.39, 0.29) is 0 Å². The average Bonchev–Trinajstić information content (AvgIpc) is 3.23. The van der Waals surface area contributed by atoms with Crippen molar-refractivity contribution in [3.05, 3.63) is 229 Å². The van der Waals surface area contributed by atoms with Gasteiger partial charge in [-0.25, -0.2) is 0 Å². The van der Waals surface area contributed by atoms with Crippen LogP contribution in [0.3, 0.4) is 0 Å². The standard InChI is InChI=1S/C52H42N2/c1-39-13-9-11-19-51(39)53(47-15-5-3-6-16-47)49-35-31-45(32-36-49)43-27-23-41(24-28-43)21-22-42-25-29-44(30-26-42)46-33-37-50(38-34-46)54(48-17-7-4-8-18-48)52-20-12-10-14-40(52)2/h3-38H,1-2H3/b22-21+. The van der Waals surface area contributed by atoms with Crippen molar-refractivity contribution in [1.82, 2.24) is 0 Å². The minimum absolute atomic E-state index is 1.13. The molecule has 0 unspecified atom stereocenters. The Morgan fingerprint density at radius 2 is 0.556 bits per heavy atom. The number of aryl methyl sites for hydroxylation is 2. The van der Waals surface area contributed by atoms with Gasteiger partial charge in [0.2, 0.25) is 0 Å². The summed E-state index contributed by atoms with van der Waals surface area (Å²) in [7, 11) is 0. The first-order chi connectivity index (χ1) is 26.6. The molecule has 8 rings (SSSR count). The third-order valence-electron chi connectivity index (χ3n) is 9.95. The minimum Gasteiger partial charge on any atom is -0.310 e. The van der Waals surface area contributed by atoms with Crippen molar-refractivity contribution in [2.24, 2.45) is 0 Å². The zero-order chi connectivity index (χ0) is 36.7. The van der Waals surface area contributed by atoms with Crippen LogP contribution in [0.25, 0.3) is 34.4 Å². The van der Waals surface area contributed by atoms with Crippen molar-refractivity contribution in [3.8, 4) is 22.3 Å². The molecule has 0 N–H and O–H groups in total. The lowest BCUT2D eigenvalue weighted by molar-refractivity contribution is 1.25. The number of hydrogen-bond donors (Lipinski definition) is 0. The average molecular weight is 695 g/mol. The highest BCUT2D eigenvalue weighted by Crippen LogP contribution is 2.38. The van der Waals surface area contributed by atoms with Crippen molar-refractivity contribution in [2.75, 3.05) is 9.80 Å². The maximum Gasteiger partial charge on any atom is 0.0490 e. The van der Waals surface area contributed by atoms with Crippen LogP contribution in [0.15, 0.2) is 206 Å². The van der Waals surface area contributed by atoms with E-state index in [2.05, 4.69) is 242 Å². The Morgan fingerprint density at radius 3 is 0.889 bits per heavy atom. The molecule has 0 aliphatic carbocycles. The van der Waals surface area contributed by atoms with Crippen LogP contribution in [0.2, 0.25) is 0 Å². The highest BCUT2D eigenvalue weighted by molar-refractivity contribution is 5.82. The lowest BCUT2D eigenvalue weighted by atomic mass is 10.0. The molecule has 2 nitrogen and oxygen atoms in total. The molecule has 0 radical (unpaired) electrons. The van der Waals surface area contributed by atoms with Crippen LogP contribution >= 0.6 is 0 Å². The highest BCUT2D eigenvalue weighted by Gasteiger charge is 2.15. The Hall–Kier alpha value is -6.90. The van der Waals surface area contributed by atoms with Gasteiger partial charge >= 0.3 is 0 Å². The van der Waals surface area contributed by atoms with Crippen molar-refractivity contribution in [2.45, 2.75) is 13.8 Å². The fourth-order valence-electron chi connectivity index (χ4n) is 7.01. The van der Waals surface area contributed by atoms with E-state index in [9.17, 15) is 0 Å². The minimum atomic E-state index is 1.13. The summed E-state index contributed by atoms with van der Waals surface area (Å²) >= 11 is 0. The Balaban J connectivity index is 0.948. The summed E-state index contributed by atoms with van der Waals surface area (Å²) in [6, 6.07) is 73.5. The summed E-state index contributed by atoms with van der Waals surface area (Å²) in [6.07, 6.45) is 4.36. The van der Waals surface area contributed by atoms with E-state index >= 15 is 0 Å². The van der Waals surface area contributed by atoms with Crippen molar-refractivity contribution in [3.63, 3.8) is 0 Å². The number of rotatable bonds is 10. The van der Waals surface area contributed by atoms with Crippen LogP contribution in [0.5, 0.6) is 0 Å². The molecular weight excluding hydrogens is 653 g/mol. The quantitative estimate of drug-likeness (QED) is 0.132. The Bertz CT molecular complexity index is 2290. The van der Waals surface area contributed by atoms with Gasteiger partial charge in [0.05, 0.1) is 0 Å². The molecule has 0 aliphatic rings. The van der Waals surface area contributed by atoms with Gasteiger partial charge in [0.25, 0.3) is 0 Å². The second-order valence-corrected chi connectivity index (χ2v) is 13.6. The molecule has 54 heavy (non-hydrogen) atoms. The number of anilines is 6. The molecule has 0 aromatic heterocycles. The predicted octanol–water partition coefficient (Wildman–Crippen LogP) is 14.7. The largest absolute Gasteiger partial charge is 0.310 e. The van der Waals surface area contributed by atoms with Crippen LogP contribution in [0, 0.1) is 13.8 Å². The second-order valence-electron chi connectivity index (χ2n) is 13.6. The molecule has 0 saturated heterocycles. The molecule has 0 bridgehead atoms. The molecular formula is C52H42N2. The summed E-state index contributed by atoms with van der Waals surface area (Å²) in [4.78, 5) is 4.64. The van der Waals surface area contributed by atoms with Gasteiger partial charge in [0.15, 0.2) is 0 Å². The molecule has 0 amide bonds. The van der Waals surface area contributed by atoms with Gasteiger partial charge in [-0.2, -0.15) is 0 Å². The Labute approximate surface area is 319 Å². The van der Waals surface area contributed by atoms with E-state index in [0.717, 1.165) is 22.7 Å². The molecule has 0 heterocycles. The van der Waals surface area contributed by atoms with Crippen LogP contribution in [0.4, 0.5) is 34.1 Å². The van der Waals surface area contributed by atoms with Crippen LogP contribution in [-0.4, -0.2) is 0 Å². The predicted molar refractivity (Wildman–Crippen MR) is 232 cm³/mol. The van der Waals surface area contributed by atoms with Gasteiger partial charge in [-0.05, 0) is 119 Å². The summed E-state index contributed by atoms with van der Waals surface area (Å²) in [5, 5.41) is 0. The van der Waals surface area contributed by atoms with E-state index in [4.69, 9.17) is 0 Å². The summed E-state index contributed by atoms with van der Waals surface area (Å²) in [6.45, 7) is 4.33. The fraction of sp³-hybridized carbons (Fsp3) is 0.0385. The van der Waals surface area contributed by atoms with E-state index in [1.54, 1.807) is 0 Å². The lowest BCUT2D eigenvalue weighted by Crippen LogP contribution is -2.11. The fourth-order valence-corrected chi connectivity index (χ4v) is 7.01. The Morgan fingerprint density at radius 1 is 0.278 bits per heavy atom. The first-order valence-electron chi connectivity index (χ1n) is 18.5. The van der Waals surface area contributed by atoms with Crippen molar-refractivity contribution < 1.29 is 0 Å². The maximum absolute atomic E-state index is 2.32. The molecule has 8 aromatic rings. The number of nitrogens with zero attached hydrogens (tertiary/aromatic N) is 2. The first kappa shape index (κ1) is 34.2. The molecule has 8 aromatic carbocycles. The van der Waals surface area contributed by atoms with Gasteiger partial charge in [-0.1, -0.05) is 158 Å². The molecule has 0 spiro atoms. The van der Waals surface area contributed by atoms with Crippen molar-refractivity contribution in [1.29, 1.82) is 0 Å². The highest BCUT2D eigenvalue weighted by atomic mass is 15.1. The summed E-state index contributed by atoms with van der Waals surface area (Å²) in [5.74, 6) is 0. The van der Waals surface area contributed by atoms with Gasteiger partial charge in [-0.15, -0.1) is 0 Å². The van der Waals surface area contributed by atoms with E-state index in [1.807, 2.05) is 0 Å². The molecule has 0 aliphatic heterocycles. The normalized spacial score (nSPS) is 11.1. The summed E-state index contributed by atoms with van der Waals surface area (Å²) < 4.78 is 0. The first-order valence-corrected chi connectivity index (χ1v) is 18.5. The van der Waals surface area contributed by atoms with Gasteiger partial charge in [0, 0.05) is 34.1 Å². The lowest BCUT2D eigenvalue weighted by Gasteiger charge is -2.27. The number of hydrogen-bond acceptors (Lipinski definition) is 2. The van der Waals surface area contributed by atoms with E-state index in [1.165, 1.54) is 55.9 Å². The van der Waals surface area contributed by atoms with Crippen molar-refractivity contribution >= 4 is 46.3 Å². The van der Waals surface area contributed by atoms with E-state index in [0.29, 0.717) is 0 Å². The van der Waals surface area contributed by atoms with Crippen LogP contribution < -0.4 is 9.80 Å². The van der Waals surface area contributed by atoms with Gasteiger partial charge in [-0.3, -0.25) is 0 Å². The van der Waals surface area contributed by atoms with Crippen LogP contribution in [-0.2, 0) is 0 Å². The Kier molecular flexibility index (Phi) is 9.99. The molecule has 260 valence electrons. The summed E-state index contributed by atoms with van der Waals surface area (Å²) in [5.41, 5.74) is 16.5. The van der Waals surface area contributed by atoms with Gasteiger partial charge in [0.1, 0.15) is 0 Å². The molecule has 0 saturated carbocycles. The number of benzene rings is 8. The zero-order valence-corrected chi connectivity index (χ0v) is 30.7. The monoisotopic (exact) mass is 694 g/mol. The zero-order valence-electron chi connectivity index (χ0n) is 30.7. The molecule has 0 atom stereocenters. The van der Waals surface area contributed by atoms with E-state index < -0.39 is 0 Å². The molecule has 2 heteroatoms. The third-order valence-corrected chi connectivity index (χ3v) is 9.95. The molecule has 0 fully saturated rings.